The number of ether oxygens (including phenoxy) is 1. The zero-order chi connectivity index (χ0) is 22.4. The smallest absolute Gasteiger partial charge is 0.276 e. The Morgan fingerprint density at radius 2 is 1.94 bits per heavy atom. The van der Waals surface area contributed by atoms with Crippen LogP contribution in [0.15, 0.2) is 47.1 Å². The number of hydrogen-bond acceptors (Lipinski definition) is 5. The van der Waals surface area contributed by atoms with Gasteiger partial charge in [0.2, 0.25) is 5.89 Å². The maximum Gasteiger partial charge on any atom is 0.276 e. The third-order valence-corrected chi connectivity index (χ3v) is 5.81. The summed E-state index contributed by atoms with van der Waals surface area (Å²) in [7, 11) is 1.83. The third-order valence-electron chi connectivity index (χ3n) is 5.81. The number of nitrogens with zero attached hydrogens (tertiary/aromatic N) is 4. The molecule has 3 aromatic rings. The van der Waals surface area contributed by atoms with Crippen molar-refractivity contribution >= 4 is 5.91 Å². The van der Waals surface area contributed by atoms with Crippen LogP contribution in [0.5, 0.6) is 0 Å². The topological polar surface area (TPSA) is 73.4 Å². The second-order valence-electron chi connectivity index (χ2n) is 9.43. The minimum absolute atomic E-state index is 0.104. The predicted octanol–water partition coefficient (Wildman–Crippen LogP) is 4.37. The lowest BCUT2D eigenvalue weighted by Crippen LogP contribution is -2.49. The molecule has 1 aromatic carbocycles. The molecule has 0 radical (unpaired) electrons. The fraction of sp³-hybridized carbons (Fsp3) is 0.458. The SMILES string of the molecule is Cc1oc(-c2cnn(C)c2)nc1C(=O)N(Cc1ccccc1)[C@@H]1CC(C)(C)OC1(C)C. The van der Waals surface area contributed by atoms with Crippen LogP contribution in [0.4, 0.5) is 0 Å². The van der Waals surface area contributed by atoms with Crippen molar-refractivity contribution in [3.05, 3.63) is 59.7 Å². The number of aromatic nitrogens is 3. The molecule has 1 amide bonds. The van der Waals surface area contributed by atoms with Gasteiger partial charge in [0.15, 0.2) is 5.69 Å². The molecule has 31 heavy (non-hydrogen) atoms. The zero-order valence-corrected chi connectivity index (χ0v) is 19.0. The molecule has 1 atom stereocenters. The molecule has 0 spiro atoms. The summed E-state index contributed by atoms with van der Waals surface area (Å²) in [6.07, 6.45) is 4.24. The summed E-state index contributed by atoms with van der Waals surface area (Å²) in [6.45, 7) is 10.5. The van der Waals surface area contributed by atoms with E-state index in [1.165, 1.54) is 0 Å². The van der Waals surface area contributed by atoms with Gasteiger partial charge in [-0.2, -0.15) is 5.10 Å². The summed E-state index contributed by atoms with van der Waals surface area (Å²) < 4.78 is 13.8. The summed E-state index contributed by atoms with van der Waals surface area (Å²) in [5, 5.41) is 4.17. The fourth-order valence-electron chi connectivity index (χ4n) is 4.51. The van der Waals surface area contributed by atoms with Crippen LogP contribution in [0.25, 0.3) is 11.5 Å². The van der Waals surface area contributed by atoms with Gasteiger partial charge in [0, 0.05) is 19.8 Å². The van der Waals surface area contributed by atoms with Crippen LogP contribution in [0.3, 0.4) is 0 Å². The monoisotopic (exact) mass is 422 g/mol. The Morgan fingerprint density at radius 3 is 2.52 bits per heavy atom. The molecule has 0 aliphatic carbocycles. The van der Waals surface area contributed by atoms with Crippen molar-refractivity contribution < 1.29 is 13.9 Å². The molecule has 1 saturated heterocycles. The lowest BCUT2D eigenvalue weighted by atomic mass is 9.92. The Hall–Kier alpha value is -2.93. The van der Waals surface area contributed by atoms with Gasteiger partial charge in [0.25, 0.3) is 5.91 Å². The lowest BCUT2D eigenvalue weighted by molar-refractivity contribution is -0.0785. The minimum atomic E-state index is -0.488. The van der Waals surface area contributed by atoms with Crippen molar-refractivity contribution in [2.45, 2.75) is 64.8 Å². The number of carbonyl (C=O) groups is 1. The van der Waals surface area contributed by atoms with Gasteiger partial charge >= 0.3 is 0 Å². The first kappa shape index (κ1) is 21.3. The Labute approximate surface area is 183 Å². The van der Waals surface area contributed by atoms with Crippen LogP contribution >= 0.6 is 0 Å². The van der Waals surface area contributed by atoms with Gasteiger partial charge in [-0.15, -0.1) is 0 Å². The molecule has 4 rings (SSSR count). The van der Waals surface area contributed by atoms with Crippen molar-refractivity contribution in [1.29, 1.82) is 0 Å². The van der Waals surface area contributed by atoms with E-state index in [2.05, 4.69) is 37.8 Å². The molecule has 0 unspecified atom stereocenters. The number of benzene rings is 1. The molecule has 0 N–H and O–H groups in total. The van der Waals surface area contributed by atoms with E-state index in [4.69, 9.17) is 9.15 Å². The highest BCUT2D eigenvalue weighted by atomic mass is 16.5. The molecule has 164 valence electrons. The average Bonchev–Trinajstić information content (AvgIpc) is 3.35. The number of aryl methyl sites for hydroxylation is 2. The van der Waals surface area contributed by atoms with Crippen LogP contribution < -0.4 is 0 Å². The van der Waals surface area contributed by atoms with E-state index in [1.807, 2.05) is 48.5 Å². The van der Waals surface area contributed by atoms with Crippen molar-refractivity contribution in [2.24, 2.45) is 7.05 Å². The molecule has 1 aliphatic heterocycles. The zero-order valence-electron chi connectivity index (χ0n) is 19.0. The normalized spacial score (nSPS) is 19.5. The molecular weight excluding hydrogens is 392 g/mol. The van der Waals surface area contributed by atoms with E-state index in [9.17, 15) is 4.79 Å². The van der Waals surface area contributed by atoms with E-state index in [0.717, 1.165) is 17.5 Å². The minimum Gasteiger partial charge on any atom is -0.440 e. The predicted molar refractivity (Wildman–Crippen MR) is 117 cm³/mol. The number of oxazole rings is 1. The highest BCUT2D eigenvalue weighted by Crippen LogP contribution is 2.41. The number of amides is 1. The standard InChI is InChI=1S/C24H30N4O3/c1-16-20(26-21(30-16)18-13-25-27(6)15-18)22(29)28(14-17-10-8-7-9-11-17)19-12-23(2,3)31-24(19,4)5/h7-11,13,15,19H,12,14H2,1-6H3/t19-/m1/s1. The summed E-state index contributed by atoms with van der Waals surface area (Å²) in [4.78, 5) is 20.3. The second-order valence-corrected chi connectivity index (χ2v) is 9.43. The van der Waals surface area contributed by atoms with Gasteiger partial charge in [0.05, 0.1) is 29.0 Å². The highest BCUT2D eigenvalue weighted by molar-refractivity contribution is 5.94. The molecule has 3 heterocycles. The third kappa shape index (κ3) is 4.28. The quantitative estimate of drug-likeness (QED) is 0.610. The Kier molecular flexibility index (Phi) is 5.25. The number of carbonyl (C=O) groups excluding carboxylic acids is 1. The van der Waals surface area contributed by atoms with Crippen LogP contribution in [0, 0.1) is 6.92 Å². The van der Waals surface area contributed by atoms with Crippen molar-refractivity contribution in [2.75, 3.05) is 0 Å². The second kappa shape index (κ2) is 7.64. The van der Waals surface area contributed by atoms with Crippen molar-refractivity contribution in [3.63, 3.8) is 0 Å². The molecule has 0 saturated carbocycles. The van der Waals surface area contributed by atoms with Gasteiger partial charge in [-0.05, 0) is 46.6 Å². The maximum atomic E-state index is 13.8. The van der Waals surface area contributed by atoms with E-state index in [-0.39, 0.29) is 17.6 Å². The van der Waals surface area contributed by atoms with Crippen LogP contribution in [-0.2, 0) is 18.3 Å². The van der Waals surface area contributed by atoms with E-state index in [1.54, 1.807) is 17.8 Å². The first-order valence-electron chi connectivity index (χ1n) is 10.6. The average molecular weight is 423 g/mol. The van der Waals surface area contributed by atoms with Crippen LogP contribution in [-0.4, -0.2) is 42.8 Å². The molecule has 2 aromatic heterocycles. The van der Waals surface area contributed by atoms with Gasteiger partial charge in [-0.25, -0.2) is 4.98 Å². The summed E-state index contributed by atoms with van der Waals surface area (Å²) in [5.41, 5.74) is 1.33. The Bertz CT molecular complexity index is 1080. The number of hydrogen-bond donors (Lipinski definition) is 0. The molecular formula is C24H30N4O3. The first-order valence-corrected chi connectivity index (χ1v) is 10.6. The van der Waals surface area contributed by atoms with Gasteiger partial charge in [0.1, 0.15) is 5.76 Å². The Balaban J connectivity index is 1.72. The molecule has 1 aliphatic rings. The van der Waals surface area contributed by atoms with Crippen LogP contribution in [0.1, 0.15) is 55.9 Å². The summed E-state index contributed by atoms with van der Waals surface area (Å²) >= 11 is 0. The van der Waals surface area contributed by atoms with E-state index in [0.29, 0.717) is 23.9 Å². The van der Waals surface area contributed by atoms with Gasteiger partial charge in [-0.1, -0.05) is 30.3 Å². The summed E-state index contributed by atoms with van der Waals surface area (Å²) in [5.74, 6) is 0.744. The molecule has 1 fully saturated rings. The lowest BCUT2D eigenvalue weighted by Gasteiger charge is -2.36. The van der Waals surface area contributed by atoms with Crippen molar-refractivity contribution in [1.82, 2.24) is 19.7 Å². The van der Waals surface area contributed by atoms with Gasteiger partial charge < -0.3 is 14.1 Å². The maximum absolute atomic E-state index is 13.8. The van der Waals surface area contributed by atoms with Crippen LogP contribution in [0.2, 0.25) is 0 Å². The molecule has 0 bridgehead atoms. The molecule has 7 heteroatoms. The van der Waals surface area contributed by atoms with E-state index >= 15 is 0 Å². The van der Waals surface area contributed by atoms with Crippen molar-refractivity contribution in [3.8, 4) is 11.5 Å². The number of rotatable bonds is 5. The largest absolute Gasteiger partial charge is 0.440 e. The summed E-state index contributed by atoms with van der Waals surface area (Å²) in [6, 6.07) is 9.91. The fourth-order valence-corrected chi connectivity index (χ4v) is 4.51. The first-order chi connectivity index (χ1) is 14.6. The van der Waals surface area contributed by atoms with E-state index < -0.39 is 5.60 Å². The highest BCUT2D eigenvalue weighted by Gasteiger charge is 2.50. The van der Waals surface area contributed by atoms with Gasteiger partial charge in [-0.3, -0.25) is 9.48 Å². The molecule has 7 nitrogen and oxygen atoms in total. The Morgan fingerprint density at radius 1 is 1.23 bits per heavy atom.